The van der Waals surface area contributed by atoms with Crippen LogP contribution in [-0.4, -0.2) is 17.5 Å². The number of hydrogen-bond acceptors (Lipinski definition) is 5. The molecule has 0 bridgehead atoms. The van der Waals surface area contributed by atoms with Crippen LogP contribution in [0.2, 0.25) is 5.02 Å². The second kappa shape index (κ2) is 9.82. The van der Waals surface area contributed by atoms with Gasteiger partial charge in [0.05, 0.1) is 23.2 Å². The standard InChI is InChI=1S/C23H20ClN3O.C2H6O/c1-14-17(24)9-5-10-18(14)27-19-11-6-12-20(28)22(19)21(16(13-25)23(27)26)15-7-3-2-4-8-15;1-2-3/h2-5,7-10,21H,6,11-12,26H2,1H3;3H,2H2,1H3. The molecule has 0 amide bonds. The number of halogens is 1. The maximum Gasteiger partial charge on any atom is 0.161 e. The minimum absolute atomic E-state index is 0.0834. The predicted molar refractivity (Wildman–Crippen MR) is 123 cm³/mol. The number of ketones is 1. The van der Waals surface area contributed by atoms with Gasteiger partial charge in [-0.05, 0) is 49.9 Å². The number of carbonyl (C=O) groups is 1. The van der Waals surface area contributed by atoms with Crippen molar-refractivity contribution in [3.8, 4) is 6.07 Å². The van der Waals surface area contributed by atoms with Gasteiger partial charge in [0, 0.05) is 29.3 Å². The summed E-state index contributed by atoms with van der Waals surface area (Å²) in [4.78, 5) is 14.9. The van der Waals surface area contributed by atoms with Crippen molar-refractivity contribution in [2.24, 2.45) is 5.73 Å². The Morgan fingerprint density at radius 1 is 1.19 bits per heavy atom. The lowest BCUT2D eigenvalue weighted by atomic mass is 9.75. The zero-order valence-electron chi connectivity index (χ0n) is 17.7. The third kappa shape index (κ3) is 4.23. The van der Waals surface area contributed by atoms with Crippen molar-refractivity contribution >= 4 is 23.1 Å². The lowest BCUT2D eigenvalue weighted by Gasteiger charge is -2.40. The molecule has 1 aliphatic heterocycles. The largest absolute Gasteiger partial charge is 0.397 e. The second-order valence-electron chi connectivity index (χ2n) is 7.43. The van der Waals surface area contributed by atoms with Crippen LogP contribution in [0.5, 0.6) is 0 Å². The molecule has 1 atom stereocenters. The molecule has 2 aromatic carbocycles. The van der Waals surface area contributed by atoms with Gasteiger partial charge in [-0.25, -0.2) is 0 Å². The van der Waals surface area contributed by atoms with Crippen molar-refractivity contribution in [2.75, 3.05) is 11.5 Å². The molecule has 0 aromatic heterocycles. The van der Waals surface area contributed by atoms with Crippen molar-refractivity contribution in [1.29, 1.82) is 5.26 Å². The van der Waals surface area contributed by atoms with Gasteiger partial charge in [0.25, 0.3) is 0 Å². The van der Waals surface area contributed by atoms with E-state index in [1.54, 1.807) is 6.92 Å². The fourth-order valence-corrected chi connectivity index (χ4v) is 4.35. The van der Waals surface area contributed by atoms with Crippen molar-refractivity contribution in [2.45, 2.75) is 39.0 Å². The highest BCUT2D eigenvalue weighted by Crippen LogP contribution is 2.47. The highest BCUT2D eigenvalue weighted by atomic mass is 35.5. The lowest BCUT2D eigenvalue weighted by molar-refractivity contribution is -0.116. The topological polar surface area (TPSA) is 90.3 Å². The molecule has 4 rings (SSSR count). The number of nitrogens with two attached hydrogens (primary N) is 1. The van der Waals surface area contributed by atoms with E-state index in [1.807, 2.05) is 60.4 Å². The molecule has 31 heavy (non-hydrogen) atoms. The summed E-state index contributed by atoms with van der Waals surface area (Å²) >= 11 is 6.35. The second-order valence-corrected chi connectivity index (χ2v) is 7.83. The first-order valence-corrected chi connectivity index (χ1v) is 10.7. The van der Waals surface area contributed by atoms with E-state index in [0.717, 1.165) is 35.4 Å². The molecule has 2 aliphatic rings. The Morgan fingerprint density at radius 3 is 2.52 bits per heavy atom. The van der Waals surface area contributed by atoms with E-state index in [-0.39, 0.29) is 12.4 Å². The van der Waals surface area contributed by atoms with Gasteiger partial charge in [0.1, 0.15) is 5.82 Å². The molecule has 0 radical (unpaired) electrons. The van der Waals surface area contributed by atoms with Crippen molar-refractivity contribution in [3.63, 3.8) is 0 Å². The maximum atomic E-state index is 13.0. The van der Waals surface area contributed by atoms with Crippen LogP contribution >= 0.6 is 11.6 Å². The number of benzene rings is 2. The first-order chi connectivity index (χ1) is 15.0. The van der Waals surface area contributed by atoms with E-state index in [1.165, 1.54) is 0 Å². The molecule has 1 heterocycles. The third-order valence-electron chi connectivity index (χ3n) is 5.53. The minimum Gasteiger partial charge on any atom is -0.397 e. The Kier molecular flexibility index (Phi) is 7.17. The summed E-state index contributed by atoms with van der Waals surface area (Å²) in [5.41, 5.74) is 11.1. The van der Waals surface area contributed by atoms with Gasteiger partial charge >= 0.3 is 0 Å². The average molecular weight is 436 g/mol. The number of anilines is 1. The summed E-state index contributed by atoms with van der Waals surface area (Å²) in [5.74, 6) is 0.0277. The van der Waals surface area contributed by atoms with E-state index in [2.05, 4.69) is 6.07 Å². The number of carbonyl (C=O) groups excluding carboxylic acids is 1. The molecule has 0 fully saturated rings. The smallest absolute Gasteiger partial charge is 0.161 e. The Bertz CT molecular complexity index is 1080. The van der Waals surface area contributed by atoms with E-state index in [9.17, 15) is 10.1 Å². The van der Waals surface area contributed by atoms with E-state index < -0.39 is 5.92 Å². The summed E-state index contributed by atoms with van der Waals surface area (Å²) in [5, 5.41) is 18.2. The van der Waals surface area contributed by atoms with Crippen molar-refractivity contribution < 1.29 is 9.90 Å². The van der Waals surface area contributed by atoms with Crippen LogP contribution in [-0.2, 0) is 4.79 Å². The molecule has 3 N–H and O–H groups in total. The number of aliphatic hydroxyl groups is 1. The Morgan fingerprint density at radius 2 is 1.87 bits per heavy atom. The molecule has 6 heteroatoms. The van der Waals surface area contributed by atoms with Gasteiger partial charge in [-0.3, -0.25) is 9.69 Å². The predicted octanol–water partition coefficient (Wildman–Crippen LogP) is 4.95. The van der Waals surface area contributed by atoms with Gasteiger partial charge in [0.2, 0.25) is 0 Å². The number of Topliss-reactive ketones (excluding diaryl/α,β-unsaturated/α-hetero) is 1. The molecule has 0 spiro atoms. The quantitative estimate of drug-likeness (QED) is 0.696. The highest BCUT2D eigenvalue weighted by molar-refractivity contribution is 6.31. The van der Waals surface area contributed by atoms with Gasteiger partial charge < -0.3 is 10.8 Å². The summed E-state index contributed by atoms with van der Waals surface area (Å²) in [6.07, 6.45) is 1.99. The summed E-state index contributed by atoms with van der Waals surface area (Å²) < 4.78 is 0. The highest BCUT2D eigenvalue weighted by Gasteiger charge is 2.40. The van der Waals surface area contributed by atoms with Crippen LogP contribution in [0.15, 0.2) is 71.2 Å². The number of nitrogens with zero attached hydrogens (tertiary/aromatic N) is 2. The van der Waals surface area contributed by atoms with Gasteiger partial charge in [0.15, 0.2) is 5.78 Å². The van der Waals surface area contributed by atoms with E-state index >= 15 is 0 Å². The van der Waals surface area contributed by atoms with Gasteiger partial charge in [-0.15, -0.1) is 0 Å². The Hall–Kier alpha value is -3.07. The molecule has 5 nitrogen and oxygen atoms in total. The van der Waals surface area contributed by atoms with Crippen LogP contribution < -0.4 is 10.6 Å². The number of aliphatic hydroxyl groups excluding tert-OH is 1. The number of hydrogen-bond donors (Lipinski definition) is 2. The van der Waals surface area contributed by atoms with Gasteiger partial charge in [-0.2, -0.15) is 5.26 Å². The lowest BCUT2D eigenvalue weighted by Crippen LogP contribution is -2.39. The number of allylic oxidation sites excluding steroid dienone is 3. The fourth-order valence-electron chi connectivity index (χ4n) is 4.18. The maximum absolute atomic E-state index is 13.0. The zero-order chi connectivity index (χ0) is 22.5. The van der Waals surface area contributed by atoms with Crippen molar-refractivity contribution in [3.05, 3.63) is 87.3 Å². The molecule has 160 valence electrons. The monoisotopic (exact) mass is 435 g/mol. The summed E-state index contributed by atoms with van der Waals surface area (Å²) in [6.45, 7) is 3.85. The van der Waals surface area contributed by atoms with Crippen LogP contribution in [0.4, 0.5) is 5.69 Å². The van der Waals surface area contributed by atoms with Crippen LogP contribution in [0.1, 0.15) is 43.2 Å². The Labute approximate surface area is 188 Å². The molecule has 1 unspecified atom stereocenters. The fraction of sp³-hybridized carbons (Fsp3) is 0.280. The molecule has 1 aliphatic carbocycles. The van der Waals surface area contributed by atoms with E-state index in [4.69, 9.17) is 22.4 Å². The van der Waals surface area contributed by atoms with E-state index in [0.29, 0.717) is 28.4 Å². The molecule has 0 saturated heterocycles. The molecular formula is C25H26ClN3O2. The van der Waals surface area contributed by atoms with Crippen LogP contribution in [0.3, 0.4) is 0 Å². The SMILES string of the molecule is CCO.Cc1c(Cl)cccc1N1C(N)=C(C#N)C(c2ccccc2)C2=C1CCCC2=O. The van der Waals surface area contributed by atoms with Crippen LogP contribution in [0, 0.1) is 18.3 Å². The van der Waals surface area contributed by atoms with Gasteiger partial charge in [-0.1, -0.05) is 48.0 Å². The summed E-state index contributed by atoms with van der Waals surface area (Å²) in [7, 11) is 0. The zero-order valence-corrected chi connectivity index (χ0v) is 18.5. The molecule has 0 saturated carbocycles. The number of nitriles is 1. The summed E-state index contributed by atoms with van der Waals surface area (Å²) in [6, 6.07) is 17.5. The van der Waals surface area contributed by atoms with Crippen molar-refractivity contribution in [1.82, 2.24) is 0 Å². The van der Waals surface area contributed by atoms with Crippen LogP contribution in [0.25, 0.3) is 0 Å². The minimum atomic E-state index is -0.426. The Balaban J connectivity index is 0.000000858. The average Bonchev–Trinajstić information content (AvgIpc) is 2.77. The third-order valence-corrected chi connectivity index (χ3v) is 5.94. The first kappa shape index (κ1) is 22.6. The first-order valence-electron chi connectivity index (χ1n) is 10.3. The molecule has 2 aromatic rings. The number of rotatable bonds is 2. The molecular weight excluding hydrogens is 410 g/mol. The normalized spacial score (nSPS) is 18.2.